The molecule has 2 fully saturated rings. The summed E-state index contributed by atoms with van der Waals surface area (Å²) in [6.45, 7) is 3.95. The molecule has 0 aromatic heterocycles. The van der Waals surface area contributed by atoms with E-state index in [1.807, 2.05) is 13.0 Å². The van der Waals surface area contributed by atoms with Crippen LogP contribution in [0.2, 0.25) is 0 Å². The van der Waals surface area contributed by atoms with Crippen molar-refractivity contribution >= 4 is 39.8 Å². The molecule has 0 spiro atoms. The molecule has 1 aromatic rings. The Morgan fingerprint density at radius 3 is 2.44 bits per heavy atom. The molecule has 0 radical (unpaired) electrons. The molecule has 0 amide bonds. The lowest BCUT2D eigenvalue weighted by molar-refractivity contribution is 0.548. The average molecular weight is 509 g/mol. The summed E-state index contributed by atoms with van der Waals surface area (Å²) in [6, 6.07) is 6.82. The van der Waals surface area contributed by atoms with Gasteiger partial charge in [-0.1, -0.05) is 12.1 Å². The molecule has 2 N–H and O–H groups in total. The molecule has 0 unspecified atom stereocenters. The molecular weight excluding hydrogens is 480 g/mol. The van der Waals surface area contributed by atoms with Crippen molar-refractivity contribution in [3.8, 4) is 0 Å². The summed E-state index contributed by atoms with van der Waals surface area (Å²) < 4.78 is 36.7. The molecule has 3 rings (SSSR count). The van der Waals surface area contributed by atoms with E-state index in [1.165, 1.54) is 12.3 Å². The van der Waals surface area contributed by atoms with E-state index in [4.69, 9.17) is 0 Å². The summed E-state index contributed by atoms with van der Waals surface area (Å²) in [5.74, 6) is 0.705. The Labute approximate surface area is 178 Å². The minimum absolute atomic E-state index is 0. The second kappa shape index (κ2) is 8.63. The van der Waals surface area contributed by atoms with Gasteiger partial charge < -0.3 is 10.6 Å². The lowest BCUT2D eigenvalue weighted by Crippen LogP contribution is -2.41. The molecule has 2 aliphatic rings. The van der Waals surface area contributed by atoms with Crippen LogP contribution in [0.1, 0.15) is 38.2 Å². The van der Waals surface area contributed by atoms with E-state index in [2.05, 4.69) is 15.6 Å². The van der Waals surface area contributed by atoms with E-state index in [-0.39, 0.29) is 46.4 Å². The third-order valence-corrected chi connectivity index (χ3v) is 6.46. The minimum Gasteiger partial charge on any atom is -0.357 e. The Morgan fingerprint density at radius 2 is 1.93 bits per heavy atom. The number of nitrogens with zero attached hydrogens (tertiary/aromatic N) is 1. The van der Waals surface area contributed by atoms with Gasteiger partial charge >= 0.3 is 0 Å². The highest BCUT2D eigenvalue weighted by atomic mass is 127. The van der Waals surface area contributed by atoms with Crippen LogP contribution in [0.15, 0.2) is 29.3 Å². The van der Waals surface area contributed by atoms with Crippen LogP contribution >= 0.6 is 24.0 Å². The maximum absolute atomic E-state index is 13.5. The largest absolute Gasteiger partial charge is 0.357 e. The predicted molar refractivity (Wildman–Crippen MR) is 118 cm³/mol. The zero-order valence-corrected chi connectivity index (χ0v) is 19.1. The van der Waals surface area contributed by atoms with Crippen LogP contribution in [-0.4, -0.2) is 46.0 Å². The predicted octanol–water partition coefficient (Wildman–Crippen LogP) is 2.86. The van der Waals surface area contributed by atoms with Gasteiger partial charge in [-0.05, 0) is 50.3 Å². The second-order valence-corrected chi connectivity index (χ2v) is 10.0. The normalized spacial score (nSPS) is 19.7. The summed E-state index contributed by atoms with van der Waals surface area (Å²) in [5, 5.41) is 6.60. The molecule has 0 atom stereocenters. The standard InChI is InChI=1S/C19H28FN3O2S.HI/c1-3-21-17(22-12-18(7-8-18)14-26(2,24)25)23-13-19(9-10-19)15-5-4-6-16(20)11-15;/h4-6,11H,3,7-10,12-14H2,1-2H3,(H2,21,22,23);1H. The highest BCUT2D eigenvalue weighted by molar-refractivity contribution is 14.0. The first-order valence-electron chi connectivity index (χ1n) is 9.22. The van der Waals surface area contributed by atoms with Gasteiger partial charge in [-0.25, -0.2) is 12.8 Å². The van der Waals surface area contributed by atoms with Gasteiger partial charge in [0.15, 0.2) is 5.96 Å². The first kappa shape index (κ1) is 22.4. The van der Waals surface area contributed by atoms with E-state index in [0.717, 1.165) is 37.8 Å². The molecule has 0 aliphatic heterocycles. The van der Waals surface area contributed by atoms with Crippen LogP contribution in [0, 0.1) is 11.2 Å². The number of halogens is 2. The Bertz CT molecular complexity index is 790. The van der Waals surface area contributed by atoms with E-state index < -0.39 is 9.84 Å². The lowest BCUT2D eigenvalue weighted by Gasteiger charge is -2.20. The highest BCUT2D eigenvalue weighted by Crippen LogP contribution is 2.48. The van der Waals surface area contributed by atoms with Crippen molar-refractivity contribution in [2.24, 2.45) is 10.4 Å². The van der Waals surface area contributed by atoms with Gasteiger partial charge in [-0.15, -0.1) is 24.0 Å². The summed E-state index contributed by atoms with van der Waals surface area (Å²) in [4.78, 5) is 4.63. The lowest BCUT2D eigenvalue weighted by atomic mass is 9.96. The van der Waals surface area contributed by atoms with Crippen molar-refractivity contribution in [1.29, 1.82) is 0 Å². The fraction of sp³-hybridized carbons (Fsp3) is 0.632. The van der Waals surface area contributed by atoms with Crippen molar-refractivity contribution in [3.63, 3.8) is 0 Å². The van der Waals surface area contributed by atoms with Crippen LogP contribution < -0.4 is 10.6 Å². The molecule has 0 bridgehead atoms. The smallest absolute Gasteiger partial charge is 0.191 e. The zero-order chi connectivity index (χ0) is 18.8. The average Bonchev–Trinajstić information content (AvgIpc) is 3.46. The molecule has 1 aromatic carbocycles. The number of rotatable bonds is 8. The van der Waals surface area contributed by atoms with Crippen molar-refractivity contribution < 1.29 is 12.8 Å². The van der Waals surface area contributed by atoms with Gasteiger partial charge in [0.25, 0.3) is 0 Å². The second-order valence-electron chi connectivity index (χ2n) is 7.91. The van der Waals surface area contributed by atoms with E-state index >= 15 is 0 Å². The summed E-state index contributed by atoms with van der Waals surface area (Å²) >= 11 is 0. The first-order chi connectivity index (χ1) is 12.3. The Morgan fingerprint density at radius 1 is 1.22 bits per heavy atom. The van der Waals surface area contributed by atoms with Crippen molar-refractivity contribution in [3.05, 3.63) is 35.6 Å². The molecule has 2 aliphatic carbocycles. The SMILES string of the molecule is CCNC(=NCC1(CS(C)(=O)=O)CC1)NCC1(c2cccc(F)c2)CC1.I. The Hall–Kier alpha value is -0.900. The molecular formula is C19H29FIN3O2S. The fourth-order valence-corrected chi connectivity index (χ4v) is 4.95. The topological polar surface area (TPSA) is 70.6 Å². The third-order valence-electron chi connectivity index (χ3n) is 5.33. The van der Waals surface area contributed by atoms with E-state index in [9.17, 15) is 12.8 Å². The number of benzene rings is 1. The monoisotopic (exact) mass is 509 g/mol. The summed E-state index contributed by atoms with van der Waals surface area (Å²) in [5.41, 5.74) is 0.814. The minimum atomic E-state index is -2.99. The molecule has 8 heteroatoms. The molecule has 2 saturated carbocycles. The maximum Gasteiger partial charge on any atom is 0.191 e. The van der Waals surface area contributed by atoms with Gasteiger partial charge in [0.05, 0.1) is 5.75 Å². The number of sulfone groups is 1. The van der Waals surface area contributed by atoms with Crippen molar-refractivity contribution in [2.45, 2.75) is 38.0 Å². The fourth-order valence-electron chi connectivity index (χ4n) is 3.46. The quantitative estimate of drug-likeness (QED) is 0.321. The van der Waals surface area contributed by atoms with Crippen molar-refractivity contribution in [1.82, 2.24) is 10.6 Å². The van der Waals surface area contributed by atoms with Gasteiger partial charge in [-0.2, -0.15) is 0 Å². The van der Waals surface area contributed by atoms with Gasteiger partial charge in [0.1, 0.15) is 15.7 Å². The van der Waals surface area contributed by atoms with Crippen LogP contribution in [0.4, 0.5) is 4.39 Å². The van der Waals surface area contributed by atoms with Gasteiger partial charge in [-0.3, -0.25) is 4.99 Å². The van der Waals surface area contributed by atoms with Crippen molar-refractivity contribution in [2.75, 3.05) is 31.6 Å². The molecule has 5 nitrogen and oxygen atoms in total. The molecule has 152 valence electrons. The Balaban J connectivity index is 0.00000261. The van der Waals surface area contributed by atoms with Gasteiger partial charge in [0, 0.05) is 36.7 Å². The number of hydrogen-bond donors (Lipinski definition) is 2. The van der Waals surface area contributed by atoms with E-state index in [0.29, 0.717) is 19.0 Å². The molecule has 0 saturated heterocycles. The third kappa shape index (κ3) is 6.30. The van der Waals surface area contributed by atoms with Crippen LogP contribution in [-0.2, 0) is 15.3 Å². The highest BCUT2D eigenvalue weighted by Gasteiger charge is 2.46. The van der Waals surface area contributed by atoms with E-state index in [1.54, 1.807) is 12.1 Å². The maximum atomic E-state index is 13.5. The number of guanidine groups is 1. The number of hydrogen-bond acceptors (Lipinski definition) is 3. The molecule has 0 heterocycles. The number of nitrogens with one attached hydrogen (secondary N) is 2. The van der Waals surface area contributed by atoms with Crippen LogP contribution in [0.5, 0.6) is 0 Å². The molecule has 27 heavy (non-hydrogen) atoms. The van der Waals surface area contributed by atoms with Gasteiger partial charge in [0.2, 0.25) is 0 Å². The summed E-state index contributed by atoms with van der Waals surface area (Å²) in [7, 11) is -2.99. The Kier molecular flexibility index (Phi) is 7.16. The van der Waals surface area contributed by atoms with Crippen LogP contribution in [0.3, 0.4) is 0 Å². The first-order valence-corrected chi connectivity index (χ1v) is 11.3. The van der Waals surface area contributed by atoms with Crippen LogP contribution in [0.25, 0.3) is 0 Å². The zero-order valence-electron chi connectivity index (χ0n) is 15.9. The number of aliphatic imine (C=N–C) groups is 1. The summed E-state index contributed by atoms with van der Waals surface area (Å²) in [6.07, 6.45) is 5.17.